The molecule has 1 atom stereocenters. The summed E-state index contributed by atoms with van der Waals surface area (Å²) in [5, 5.41) is 8.02. The number of rotatable bonds is 3. The van der Waals surface area contributed by atoms with Crippen LogP contribution in [-0.2, 0) is 4.79 Å². The maximum absolute atomic E-state index is 14.9. The standard InChI is InChI=1S/C24H23FN4O2/c1-24(2)12-17-20(18(30)13-24)21(14-8-4-6-10-16(14)25)29-23(26-17)27-22(28-29)15-9-5-7-11-19(15)31-3/h4-11,21H,12-13H2,1-3H3,(H,26,27,28). The molecule has 2 aliphatic rings. The molecule has 3 aromatic rings. The second kappa shape index (κ2) is 7.04. The summed E-state index contributed by atoms with van der Waals surface area (Å²) in [6.45, 7) is 4.13. The molecule has 2 aromatic carbocycles. The monoisotopic (exact) mass is 418 g/mol. The maximum atomic E-state index is 14.9. The number of hydrogen-bond donors (Lipinski definition) is 1. The van der Waals surface area contributed by atoms with Gasteiger partial charge in [0.25, 0.3) is 0 Å². The molecule has 1 unspecified atom stereocenters. The van der Waals surface area contributed by atoms with Crippen LogP contribution >= 0.6 is 0 Å². The number of benzene rings is 2. The largest absolute Gasteiger partial charge is 0.496 e. The third kappa shape index (κ3) is 3.21. The van der Waals surface area contributed by atoms with Gasteiger partial charge in [-0.2, -0.15) is 4.98 Å². The zero-order valence-electron chi connectivity index (χ0n) is 17.6. The van der Waals surface area contributed by atoms with Gasteiger partial charge in [0.05, 0.1) is 12.7 Å². The lowest BCUT2D eigenvalue weighted by Crippen LogP contribution is -2.36. The van der Waals surface area contributed by atoms with Crippen LogP contribution in [0.5, 0.6) is 5.75 Å². The van der Waals surface area contributed by atoms with Gasteiger partial charge in [-0.25, -0.2) is 9.07 Å². The molecule has 158 valence electrons. The van der Waals surface area contributed by atoms with Gasteiger partial charge in [-0.15, -0.1) is 5.10 Å². The number of Topliss-reactive ketones (excluding diaryl/α,β-unsaturated/α-hetero) is 1. The summed E-state index contributed by atoms with van der Waals surface area (Å²) in [6.07, 6.45) is 1.08. The number of ether oxygens (including phenoxy) is 1. The Morgan fingerprint density at radius 3 is 2.65 bits per heavy atom. The highest BCUT2D eigenvalue weighted by molar-refractivity contribution is 6.00. The minimum absolute atomic E-state index is 0.00648. The van der Waals surface area contributed by atoms with Gasteiger partial charge in [0.1, 0.15) is 17.6 Å². The minimum atomic E-state index is -0.674. The molecule has 31 heavy (non-hydrogen) atoms. The van der Waals surface area contributed by atoms with Crippen LogP contribution in [0.2, 0.25) is 0 Å². The van der Waals surface area contributed by atoms with E-state index in [-0.39, 0.29) is 17.0 Å². The fourth-order valence-electron chi connectivity index (χ4n) is 4.54. The van der Waals surface area contributed by atoms with Gasteiger partial charge in [-0.3, -0.25) is 4.79 Å². The van der Waals surface area contributed by atoms with Crippen molar-refractivity contribution in [3.05, 3.63) is 71.2 Å². The Balaban J connectivity index is 1.71. The van der Waals surface area contributed by atoms with Crippen LogP contribution in [-0.4, -0.2) is 27.7 Å². The normalized spacial score (nSPS) is 19.5. The zero-order chi connectivity index (χ0) is 21.8. The predicted octanol–water partition coefficient (Wildman–Crippen LogP) is 4.75. The zero-order valence-corrected chi connectivity index (χ0v) is 17.6. The molecular formula is C24H23FN4O2. The van der Waals surface area contributed by atoms with E-state index in [0.717, 1.165) is 11.3 Å². The first-order valence-corrected chi connectivity index (χ1v) is 10.3. The second-order valence-corrected chi connectivity index (χ2v) is 8.79. The number of carbonyl (C=O) groups excluding carboxylic acids is 1. The van der Waals surface area contributed by atoms with Gasteiger partial charge in [-0.05, 0) is 30.0 Å². The van der Waals surface area contributed by atoms with Gasteiger partial charge < -0.3 is 10.1 Å². The van der Waals surface area contributed by atoms with Crippen LogP contribution in [0.15, 0.2) is 59.8 Å². The van der Waals surface area contributed by atoms with Gasteiger partial charge in [0, 0.05) is 23.3 Å². The lowest BCUT2D eigenvalue weighted by Gasteiger charge is -2.38. The highest BCUT2D eigenvalue weighted by Crippen LogP contribution is 2.46. The van der Waals surface area contributed by atoms with Crippen molar-refractivity contribution in [3.8, 4) is 17.1 Å². The Morgan fingerprint density at radius 1 is 1.13 bits per heavy atom. The molecule has 0 saturated carbocycles. The third-order valence-corrected chi connectivity index (χ3v) is 5.88. The number of halogens is 1. The van der Waals surface area contributed by atoms with Crippen molar-refractivity contribution in [1.29, 1.82) is 0 Å². The molecule has 5 rings (SSSR count). The summed E-state index contributed by atoms with van der Waals surface area (Å²) >= 11 is 0. The molecule has 1 aliphatic carbocycles. The quantitative estimate of drug-likeness (QED) is 0.665. The van der Waals surface area contributed by atoms with Gasteiger partial charge >= 0.3 is 0 Å². The first kappa shape index (κ1) is 19.5. The first-order chi connectivity index (χ1) is 14.9. The van der Waals surface area contributed by atoms with Crippen LogP contribution in [0.1, 0.15) is 38.3 Å². The average molecular weight is 418 g/mol. The smallest absolute Gasteiger partial charge is 0.226 e. The number of aromatic nitrogens is 3. The molecule has 0 spiro atoms. The summed E-state index contributed by atoms with van der Waals surface area (Å²) in [7, 11) is 1.59. The van der Waals surface area contributed by atoms with Crippen molar-refractivity contribution in [3.63, 3.8) is 0 Å². The highest BCUT2D eigenvalue weighted by Gasteiger charge is 2.42. The number of nitrogens with one attached hydrogen (secondary N) is 1. The van der Waals surface area contributed by atoms with Gasteiger partial charge in [0.15, 0.2) is 11.6 Å². The van der Waals surface area contributed by atoms with E-state index in [2.05, 4.69) is 19.2 Å². The van der Waals surface area contributed by atoms with E-state index in [1.54, 1.807) is 30.0 Å². The number of anilines is 1. The number of para-hydroxylation sites is 1. The fourth-order valence-corrected chi connectivity index (χ4v) is 4.54. The lowest BCUT2D eigenvalue weighted by molar-refractivity contribution is -0.118. The third-order valence-electron chi connectivity index (χ3n) is 5.88. The number of methoxy groups -OCH3 is 1. The van der Waals surface area contributed by atoms with Crippen LogP contribution in [0.4, 0.5) is 10.3 Å². The summed E-state index contributed by atoms with van der Waals surface area (Å²) in [6, 6.07) is 13.3. The molecule has 0 amide bonds. The predicted molar refractivity (Wildman–Crippen MR) is 115 cm³/mol. The van der Waals surface area contributed by atoms with E-state index >= 15 is 0 Å². The van der Waals surface area contributed by atoms with Gasteiger partial charge in [-0.1, -0.05) is 44.2 Å². The number of ketones is 1. The lowest BCUT2D eigenvalue weighted by atomic mass is 9.73. The van der Waals surface area contributed by atoms with Crippen molar-refractivity contribution in [2.45, 2.75) is 32.7 Å². The van der Waals surface area contributed by atoms with E-state index in [1.807, 2.05) is 24.3 Å². The van der Waals surface area contributed by atoms with Crippen molar-refractivity contribution >= 4 is 11.7 Å². The Hall–Kier alpha value is -3.48. The minimum Gasteiger partial charge on any atom is -0.496 e. The molecule has 0 fully saturated rings. The van der Waals surface area contributed by atoms with Crippen LogP contribution in [0.25, 0.3) is 11.4 Å². The average Bonchev–Trinajstić information content (AvgIpc) is 3.15. The van der Waals surface area contributed by atoms with Crippen molar-refractivity contribution < 1.29 is 13.9 Å². The molecule has 0 radical (unpaired) electrons. The topological polar surface area (TPSA) is 69.0 Å². The molecule has 2 heterocycles. The van der Waals surface area contributed by atoms with Crippen molar-refractivity contribution in [1.82, 2.24) is 14.8 Å². The summed E-state index contributed by atoms with van der Waals surface area (Å²) in [5.74, 6) is 1.21. The van der Waals surface area contributed by atoms with E-state index in [0.29, 0.717) is 41.5 Å². The van der Waals surface area contributed by atoms with Crippen LogP contribution < -0.4 is 10.1 Å². The Kier molecular flexibility index (Phi) is 4.43. The molecule has 6 nitrogen and oxygen atoms in total. The Morgan fingerprint density at radius 2 is 1.87 bits per heavy atom. The van der Waals surface area contributed by atoms with Crippen molar-refractivity contribution in [2.75, 3.05) is 12.4 Å². The van der Waals surface area contributed by atoms with Crippen molar-refractivity contribution in [2.24, 2.45) is 5.41 Å². The van der Waals surface area contributed by atoms with Gasteiger partial charge in [0.2, 0.25) is 5.95 Å². The number of nitrogens with zero attached hydrogens (tertiary/aromatic N) is 3. The molecule has 1 N–H and O–H groups in total. The van der Waals surface area contributed by atoms with Crippen LogP contribution in [0, 0.1) is 11.2 Å². The van der Waals surface area contributed by atoms with E-state index in [1.165, 1.54) is 6.07 Å². The molecular weight excluding hydrogens is 395 g/mol. The van der Waals surface area contributed by atoms with E-state index in [9.17, 15) is 9.18 Å². The summed E-state index contributed by atoms with van der Waals surface area (Å²) in [5.41, 5.74) is 2.30. The number of hydrogen-bond acceptors (Lipinski definition) is 5. The highest BCUT2D eigenvalue weighted by atomic mass is 19.1. The maximum Gasteiger partial charge on any atom is 0.226 e. The number of allylic oxidation sites excluding steroid dienone is 2. The molecule has 0 bridgehead atoms. The first-order valence-electron chi connectivity index (χ1n) is 10.3. The Labute approximate surface area is 179 Å². The fraction of sp³-hybridized carbons (Fsp3) is 0.292. The van der Waals surface area contributed by atoms with E-state index < -0.39 is 6.04 Å². The SMILES string of the molecule is COc1ccccc1-c1nc2n(n1)C(c1ccccc1F)C1=C(CC(C)(C)CC1=O)N2. The molecule has 7 heteroatoms. The van der Waals surface area contributed by atoms with Crippen LogP contribution in [0.3, 0.4) is 0 Å². The number of carbonyl (C=O) groups is 1. The van der Waals surface area contributed by atoms with E-state index in [4.69, 9.17) is 14.8 Å². The molecule has 1 aromatic heterocycles. The Bertz CT molecular complexity index is 1230. The summed E-state index contributed by atoms with van der Waals surface area (Å²) < 4.78 is 22.0. The molecule has 1 aliphatic heterocycles. The second-order valence-electron chi connectivity index (χ2n) is 8.79. The molecule has 0 saturated heterocycles. The number of fused-ring (bicyclic) bond motifs is 1. The summed E-state index contributed by atoms with van der Waals surface area (Å²) in [4.78, 5) is 17.9.